The molecule has 7 nitrogen and oxygen atoms in total. The summed E-state index contributed by atoms with van der Waals surface area (Å²) in [5, 5.41) is 6.31. The van der Waals surface area contributed by atoms with Gasteiger partial charge >= 0.3 is 0 Å². The maximum Gasteiger partial charge on any atom is 0.244 e. The highest BCUT2D eigenvalue weighted by Gasteiger charge is 2.26. The Morgan fingerprint density at radius 1 is 0.759 bits per heavy atom. The Balaban J connectivity index is 1.07. The normalized spacial score (nSPS) is 14.9. The Kier molecular flexibility index (Phi) is 18.0. The minimum atomic E-state index is -0.130. The van der Waals surface area contributed by atoms with Crippen molar-refractivity contribution in [2.45, 2.75) is 73.6 Å². The molecule has 0 radical (unpaired) electrons. The lowest BCUT2D eigenvalue weighted by Crippen LogP contribution is -2.26. The van der Waals surface area contributed by atoms with Crippen LogP contribution in [0.4, 0.5) is 0 Å². The van der Waals surface area contributed by atoms with E-state index in [0.717, 1.165) is 33.8 Å². The van der Waals surface area contributed by atoms with E-state index in [1.807, 2.05) is 79.7 Å². The second-order valence-corrected chi connectivity index (χ2v) is 14.4. The third kappa shape index (κ3) is 15.7. The number of ether oxygens (including phenoxy) is 4. The molecule has 0 saturated heterocycles. The Morgan fingerprint density at radius 2 is 1.41 bits per heavy atom. The van der Waals surface area contributed by atoms with Crippen molar-refractivity contribution in [2.75, 3.05) is 39.5 Å². The maximum atomic E-state index is 12.3. The lowest BCUT2D eigenvalue weighted by Gasteiger charge is -2.32. The highest BCUT2D eigenvalue weighted by Crippen LogP contribution is 2.40. The van der Waals surface area contributed by atoms with E-state index in [-0.39, 0.29) is 11.3 Å². The lowest BCUT2D eigenvalue weighted by atomic mass is 9.72. The zero-order chi connectivity index (χ0) is 38.4. The molecule has 1 aliphatic carbocycles. The van der Waals surface area contributed by atoms with Gasteiger partial charge in [-0.15, -0.1) is 0 Å². The van der Waals surface area contributed by atoms with Crippen LogP contribution in [0, 0.1) is 5.41 Å². The molecule has 4 rings (SSSR count). The van der Waals surface area contributed by atoms with Crippen LogP contribution in [-0.2, 0) is 34.0 Å². The summed E-state index contributed by atoms with van der Waals surface area (Å²) in [6.07, 6.45) is 15.8. The standard InChI is InChI=1S/C47H60N2O5/c1-37(21-23-43-39(3)16-13-25-47(43,4)5)14-12-15-38(2)32-46(50)49-27-29-52-31-30-51-28-26-48-34-42-22-24-44(53-35-40-17-8-6-9-18-40)45(33-42)54-36-41-19-10-7-11-20-41/h6-12,14-15,17-24,32-33,48H,13,16,25-31,34-36H2,1-5H3,(H,49,50)/b15-12+,23-21+,37-14+,38-32+. The number of carbonyl (C=O) groups is 1. The molecule has 0 unspecified atom stereocenters. The minimum absolute atomic E-state index is 0.130. The fourth-order valence-corrected chi connectivity index (χ4v) is 6.25. The van der Waals surface area contributed by atoms with Crippen molar-refractivity contribution in [1.82, 2.24) is 10.6 Å². The van der Waals surface area contributed by atoms with Gasteiger partial charge in [-0.3, -0.25) is 4.79 Å². The van der Waals surface area contributed by atoms with Crippen molar-refractivity contribution in [1.29, 1.82) is 0 Å². The molecule has 0 aliphatic heterocycles. The summed E-state index contributed by atoms with van der Waals surface area (Å²) in [5.41, 5.74) is 8.55. The highest BCUT2D eigenvalue weighted by atomic mass is 16.5. The molecular formula is C47H60N2O5. The largest absolute Gasteiger partial charge is 0.485 e. The van der Waals surface area contributed by atoms with Crippen LogP contribution in [0.1, 0.15) is 70.6 Å². The molecule has 3 aromatic rings. The second kappa shape index (κ2) is 23.2. The van der Waals surface area contributed by atoms with Gasteiger partial charge in [0.05, 0.1) is 26.4 Å². The number of hydrogen-bond donors (Lipinski definition) is 2. The topological polar surface area (TPSA) is 78.1 Å². The Hall–Kier alpha value is -4.69. The molecular weight excluding hydrogens is 673 g/mol. The number of nitrogens with one attached hydrogen (secondary N) is 2. The van der Waals surface area contributed by atoms with Gasteiger partial charge < -0.3 is 29.6 Å². The van der Waals surface area contributed by atoms with Gasteiger partial charge in [0, 0.05) is 25.7 Å². The summed E-state index contributed by atoms with van der Waals surface area (Å²) in [4.78, 5) is 12.3. The lowest BCUT2D eigenvalue weighted by molar-refractivity contribution is -0.116. The quantitative estimate of drug-likeness (QED) is 0.0609. The Labute approximate surface area is 323 Å². The van der Waals surface area contributed by atoms with Gasteiger partial charge in [-0.1, -0.05) is 122 Å². The van der Waals surface area contributed by atoms with E-state index in [4.69, 9.17) is 18.9 Å². The van der Waals surface area contributed by atoms with Crippen molar-refractivity contribution < 1.29 is 23.7 Å². The highest BCUT2D eigenvalue weighted by molar-refractivity contribution is 5.88. The zero-order valence-corrected chi connectivity index (χ0v) is 33.0. The number of benzene rings is 3. The Bertz CT molecular complexity index is 1740. The van der Waals surface area contributed by atoms with Crippen molar-refractivity contribution in [3.63, 3.8) is 0 Å². The first-order valence-corrected chi connectivity index (χ1v) is 19.2. The van der Waals surface area contributed by atoms with Crippen LogP contribution in [0.3, 0.4) is 0 Å². The van der Waals surface area contributed by atoms with Crippen LogP contribution in [0.2, 0.25) is 0 Å². The van der Waals surface area contributed by atoms with Crippen molar-refractivity contribution >= 4 is 5.91 Å². The smallest absolute Gasteiger partial charge is 0.244 e. The molecule has 0 spiro atoms. The molecule has 0 fully saturated rings. The molecule has 1 aliphatic rings. The molecule has 3 aromatic carbocycles. The number of amides is 1. The molecule has 0 aromatic heterocycles. The summed E-state index contributed by atoms with van der Waals surface area (Å²) in [6.45, 7) is 15.6. The number of rotatable bonds is 22. The average molecular weight is 733 g/mol. The van der Waals surface area contributed by atoms with Crippen LogP contribution in [0.5, 0.6) is 11.5 Å². The number of carbonyl (C=O) groups excluding carboxylic acids is 1. The van der Waals surface area contributed by atoms with Gasteiger partial charge in [-0.2, -0.15) is 0 Å². The van der Waals surface area contributed by atoms with Crippen LogP contribution < -0.4 is 20.1 Å². The fraction of sp³-hybridized carbons (Fsp3) is 0.383. The molecule has 0 saturated carbocycles. The monoisotopic (exact) mass is 732 g/mol. The third-order valence-corrected chi connectivity index (χ3v) is 9.28. The van der Waals surface area contributed by atoms with Gasteiger partial charge in [0.15, 0.2) is 11.5 Å². The first-order chi connectivity index (χ1) is 26.2. The van der Waals surface area contributed by atoms with Crippen LogP contribution >= 0.6 is 0 Å². The summed E-state index contributed by atoms with van der Waals surface area (Å²) in [5.74, 6) is 1.31. The van der Waals surface area contributed by atoms with E-state index in [9.17, 15) is 4.79 Å². The van der Waals surface area contributed by atoms with E-state index < -0.39 is 0 Å². The minimum Gasteiger partial charge on any atom is -0.485 e. The molecule has 288 valence electrons. The first-order valence-electron chi connectivity index (χ1n) is 19.2. The van der Waals surface area contributed by atoms with E-state index >= 15 is 0 Å². The zero-order valence-electron chi connectivity index (χ0n) is 33.0. The molecule has 1 amide bonds. The second-order valence-electron chi connectivity index (χ2n) is 14.4. The number of allylic oxidation sites excluding steroid dienone is 9. The van der Waals surface area contributed by atoms with E-state index in [0.29, 0.717) is 59.3 Å². The predicted molar refractivity (Wildman–Crippen MR) is 220 cm³/mol. The molecule has 2 N–H and O–H groups in total. The van der Waals surface area contributed by atoms with Gasteiger partial charge in [0.25, 0.3) is 0 Å². The number of hydrogen-bond acceptors (Lipinski definition) is 6. The van der Waals surface area contributed by atoms with Crippen molar-refractivity contribution in [3.05, 3.63) is 154 Å². The van der Waals surface area contributed by atoms with Crippen LogP contribution in [0.25, 0.3) is 0 Å². The molecule has 0 heterocycles. The van der Waals surface area contributed by atoms with Gasteiger partial charge in [-0.25, -0.2) is 0 Å². The summed E-state index contributed by atoms with van der Waals surface area (Å²) < 4.78 is 23.7. The van der Waals surface area contributed by atoms with Crippen molar-refractivity contribution in [3.8, 4) is 11.5 Å². The fourth-order valence-electron chi connectivity index (χ4n) is 6.25. The first kappa shape index (κ1) is 42.1. The Morgan fingerprint density at radius 3 is 2.07 bits per heavy atom. The summed E-state index contributed by atoms with van der Waals surface area (Å²) >= 11 is 0. The summed E-state index contributed by atoms with van der Waals surface area (Å²) in [7, 11) is 0. The van der Waals surface area contributed by atoms with Crippen LogP contribution in [0.15, 0.2) is 138 Å². The summed E-state index contributed by atoms with van der Waals surface area (Å²) in [6, 6.07) is 26.3. The van der Waals surface area contributed by atoms with Crippen molar-refractivity contribution in [2.24, 2.45) is 5.41 Å². The van der Waals surface area contributed by atoms with E-state index in [1.165, 1.54) is 36.0 Å². The SMILES string of the molecule is CC1=C(/C=C/C(C)=C/C=C/C(C)=C/C(=O)NCCOCCOCCNCc2ccc(OCc3ccccc3)c(OCc3ccccc3)c2)C(C)(C)CCC1. The predicted octanol–water partition coefficient (Wildman–Crippen LogP) is 9.62. The third-order valence-electron chi connectivity index (χ3n) is 9.28. The van der Waals surface area contributed by atoms with Gasteiger partial charge in [0.2, 0.25) is 5.91 Å². The van der Waals surface area contributed by atoms with Gasteiger partial charge in [-0.05, 0) is 85.4 Å². The molecule has 0 atom stereocenters. The average Bonchev–Trinajstić information content (AvgIpc) is 3.16. The molecule has 0 bridgehead atoms. The van der Waals surface area contributed by atoms with Gasteiger partial charge in [0.1, 0.15) is 13.2 Å². The maximum absolute atomic E-state index is 12.3. The van der Waals surface area contributed by atoms with E-state index in [1.54, 1.807) is 6.08 Å². The molecule has 54 heavy (non-hydrogen) atoms. The molecule has 7 heteroatoms. The van der Waals surface area contributed by atoms with Crippen LogP contribution in [-0.4, -0.2) is 45.4 Å². The van der Waals surface area contributed by atoms with E-state index in [2.05, 4.69) is 74.8 Å².